The van der Waals surface area contributed by atoms with Gasteiger partial charge in [0.25, 0.3) is 0 Å². The summed E-state index contributed by atoms with van der Waals surface area (Å²) in [4.78, 5) is 15.3. The highest BCUT2D eigenvalue weighted by Crippen LogP contribution is 2.40. The molecule has 244 valence electrons. The summed E-state index contributed by atoms with van der Waals surface area (Å²) in [7, 11) is 0. The molecule has 1 aliphatic carbocycles. The zero-order chi connectivity index (χ0) is 34.2. The Balaban J connectivity index is 1.08. The van der Waals surface area contributed by atoms with Gasteiger partial charge in [-0.25, -0.2) is 15.0 Å². The van der Waals surface area contributed by atoms with Crippen molar-refractivity contribution >= 4 is 74.9 Å². The van der Waals surface area contributed by atoms with Gasteiger partial charge in [0.15, 0.2) is 11.6 Å². The maximum atomic E-state index is 5.14. The minimum Gasteiger partial charge on any atom is -0.309 e. The van der Waals surface area contributed by atoms with Gasteiger partial charge in [0.1, 0.15) is 5.82 Å². The second-order valence-electron chi connectivity index (χ2n) is 13.6. The van der Waals surface area contributed by atoms with Crippen molar-refractivity contribution in [3.8, 4) is 28.5 Å². The van der Waals surface area contributed by atoms with Crippen molar-refractivity contribution in [1.29, 1.82) is 0 Å². The van der Waals surface area contributed by atoms with Gasteiger partial charge in [-0.15, -0.1) is 11.3 Å². The first-order chi connectivity index (χ1) is 25.7. The first-order valence-corrected chi connectivity index (χ1v) is 18.5. The number of fused-ring (bicyclic) bond motifs is 9. The van der Waals surface area contributed by atoms with Crippen LogP contribution < -0.4 is 0 Å². The molecule has 11 rings (SSSR count). The molecule has 0 aliphatic heterocycles. The van der Waals surface area contributed by atoms with Crippen molar-refractivity contribution in [2.75, 3.05) is 0 Å². The van der Waals surface area contributed by atoms with Gasteiger partial charge in [-0.1, -0.05) is 103 Å². The van der Waals surface area contributed by atoms with Crippen LogP contribution in [0.4, 0.5) is 0 Å². The van der Waals surface area contributed by atoms with Crippen molar-refractivity contribution in [1.82, 2.24) is 19.5 Å². The second kappa shape index (κ2) is 11.6. The maximum Gasteiger partial charge on any atom is 0.163 e. The van der Waals surface area contributed by atoms with Crippen molar-refractivity contribution in [2.24, 2.45) is 0 Å². The zero-order valence-electron chi connectivity index (χ0n) is 28.1. The lowest BCUT2D eigenvalue weighted by Gasteiger charge is -2.15. The van der Waals surface area contributed by atoms with Gasteiger partial charge in [0, 0.05) is 59.1 Å². The molecule has 5 heteroatoms. The quantitative estimate of drug-likeness (QED) is 0.186. The molecule has 0 bridgehead atoms. The minimum atomic E-state index is 0.0937. The third-order valence-electron chi connectivity index (χ3n) is 10.5. The van der Waals surface area contributed by atoms with Crippen LogP contribution in [0.5, 0.6) is 0 Å². The zero-order valence-corrected chi connectivity index (χ0v) is 28.9. The van der Waals surface area contributed by atoms with Crippen LogP contribution in [0.1, 0.15) is 18.2 Å². The molecule has 52 heavy (non-hydrogen) atoms. The van der Waals surface area contributed by atoms with Crippen molar-refractivity contribution in [3.05, 3.63) is 170 Å². The summed E-state index contributed by atoms with van der Waals surface area (Å²) in [5.41, 5.74) is 5.46. The third-order valence-corrected chi connectivity index (χ3v) is 11.7. The Labute approximate surface area is 303 Å². The molecule has 1 aliphatic rings. The largest absolute Gasteiger partial charge is 0.309 e. The molecule has 0 amide bonds. The van der Waals surface area contributed by atoms with E-state index in [9.17, 15) is 0 Å². The Morgan fingerprint density at radius 2 is 1.23 bits per heavy atom. The van der Waals surface area contributed by atoms with Crippen molar-refractivity contribution < 1.29 is 0 Å². The molecule has 0 radical (unpaired) electrons. The highest BCUT2D eigenvalue weighted by molar-refractivity contribution is 7.25. The summed E-state index contributed by atoms with van der Waals surface area (Å²) in [5.74, 6) is 2.27. The van der Waals surface area contributed by atoms with Crippen LogP contribution in [0, 0.1) is 0 Å². The topological polar surface area (TPSA) is 43.6 Å². The lowest BCUT2D eigenvalue weighted by Crippen LogP contribution is -2.08. The van der Waals surface area contributed by atoms with E-state index >= 15 is 0 Å². The summed E-state index contributed by atoms with van der Waals surface area (Å²) >= 11 is 1.82. The third kappa shape index (κ3) is 4.63. The number of allylic oxidation sites excluding steroid dienone is 4. The van der Waals surface area contributed by atoms with Gasteiger partial charge in [-0.3, -0.25) is 0 Å². The Morgan fingerprint density at radius 1 is 0.519 bits per heavy atom. The number of benzene rings is 7. The molecule has 0 fully saturated rings. The van der Waals surface area contributed by atoms with Gasteiger partial charge in [0.05, 0.1) is 11.0 Å². The monoisotopic (exact) mass is 682 g/mol. The Bertz CT molecular complexity index is 3110. The number of hydrogen-bond acceptors (Lipinski definition) is 4. The lowest BCUT2D eigenvalue weighted by atomic mass is 10.00. The smallest absolute Gasteiger partial charge is 0.163 e. The van der Waals surface area contributed by atoms with E-state index in [1.165, 1.54) is 63.5 Å². The molecular weight excluding hydrogens is 653 g/mol. The first-order valence-electron chi connectivity index (χ1n) is 17.7. The van der Waals surface area contributed by atoms with Crippen LogP contribution in [-0.2, 0) is 0 Å². The van der Waals surface area contributed by atoms with E-state index < -0.39 is 0 Å². The molecule has 0 saturated carbocycles. The average molecular weight is 683 g/mol. The molecular formula is C47H30N4S. The van der Waals surface area contributed by atoms with Crippen LogP contribution >= 0.6 is 11.3 Å². The summed E-state index contributed by atoms with van der Waals surface area (Å²) < 4.78 is 4.98. The summed E-state index contributed by atoms with van der Waals surface area (Å²) in [6, 6.07) is 50.4. The average Bonchev–Trinajstić information content (AvgIpc) is 3.75. The van der Waals surface area contributed by atoms with Crippen molar-refractivity contribution in [3.63, 3.8) is 0 Å². The van der Waals surface area contributed by atoms with Crippen LogP contribution in [0.15, 0.2) is 164 Å². The predicted molar refractivity (Wildman–Crippen MR) is 219 cm³/mol. The normalized spacial score (nSPS) is 14.5. The maximum absolute atomic E-state index is 5.14. The fourth-order valence-electron chi connectivity index (χ4n) is 7.94. The van der Waals surface area contributed by atoms with E-state index in [0.717, 1.165) is 29.1 Å². The van der Waals surface area contributed by atoms with E-state index in [1.54, 1.807) is 0 Å². The van der Waals surface area contributed by atoms with Crippen LogP contribution in [0.3, 0.4) is 0 Å². The van der Waals surface area contributed by atoms with Gasteiger partial charge in [-0.2, -0.15) is 0 Å². The lowest BCUT2D eigenvalue weighted by molar-refractivity contribution is 0.764. The minimum absolute atomic E-state index is 0.0937. The number of thiophene rings is 1. The summed E-state index contributed by atoms with van der Waals surface area (Å²) in [6.45, 7) is 0. The summed E-state index contributed by atoms with van der Waals surface area (Å²) in [6.07, 6.45) is 9.42. The number of hydrogen-bond donors (Lipinski definition) is 0. The molecule has 0 N–H and O–H groups in total. The van der Waals surface area contributed by atoms with Crippen LogP contribution in [0.25, 0.3) is 92.0 Å². The highest BCUT2D eigenvalue weighted by atomic mass is 32.1. The van der Waals surface area contributed by atoms with Gasteiger partial charge in [0.2, 0.25) is 0 Å². The molecule has 3 aromatic heterocycles. The molecule has 0 spiro atoms. The van der Waals surface area contributed by atoms with Crippen molar-refractivity contribution in [2.45, 2.75) is 12.3 Å². The van der Waals surface area contributed by atoms with Gasteiger partial charge >= 0.3 is 0 Å². The molecule has 1 atom stereocenters. The Kier molecular flexibility index (Phi) is 6.51. The number of aromatic nitrogens is 4. The highest BCUT2D eigenvalue weighted by Gasteiger charge is 2.20. The fourth-order valence-corrected chi connectivity index (χ4v) is 9.03. The SMILES string of the molecule is C1=CCC(c2nc(-c3ccc(-n4c5cc6ccccc6cc5c5ccc6ccccc6c54)cc3)nc(-c3ccc4sc5ccccc5c4c3)n2)C=C1. The van der Waals surface area contributed by atoms with E-state index in [-0.39, 0.29) is 5.92 Å². The standard InChI is InChI=1S/C47H30N4S/c1-2-11-30(12-3-1)45-48-46(50-47(49-45)34-21-25-43-40(27-34)37-16-8-9-17-42(37)52-43)31-18-22-35(23-19-31)51-41-28-33-14-5-4-13-32(33)26-39(41)38-24-20-29-10-6-7-15-36(29)44(38)51/h1-11,13-28,30H,12H2. The van der Waals surface area contributed by atoms with Gasteiger partial charge in [-0.05, 0) is 83.2 Å². The van der Waals surface area contributed by atoms with E-state index in [0.29, 0.717) is 11.6 Å². The van der Waals surface area contributed by atoms with Crippen LogP contribution in [0.2, 0.25) is 0 Å². The second-order valence-corrected chi connectivity index (χ2v) is 14.7. The molecule has 10 aromatic rings. The Morgan fingerprint density at radius 3 is 2.06 bits per heavy atom. The molecule has 4 nitrogen and oxygen atoms in total. The fraction of sp³-hybridized carbons (Fsp3) is 0.0426. The van der Waals surface area contributed by atoms with E-state index in [4.69, 9.17) is 15.0 Å². The molecule has 1 unspecified atom stereocenters. The predicted octanol–water partition coefficient (Wildman–Crippen LogP) is 12.6. The Hall–Kier alpha value is -6.43. The molecule has 0 saturated heterocycles. The first kappa shape index (κ1) is 29.3. The van der Waals surface area contributed by atoms with Gasteiger partial charge < -0.3 is 4.57 Å². The molecule has 3 heterocycles. The summed E-state index contributed by atoms with van der Waals surface area (Å²) in [5, 5.41) is 9.94. The molecule has 7 aromatic carbocycles. The number of nitrogens with zero attached hydrogens (tertiary/aromatic N) is 4. The van der Waals surface area contributed by atoms with E-state index in [2.05, 4.69) is 168 Å². The van der Waals surface area contributed by atoms with Crippen LogP contribution in [-0.4, -0.2) is 19.5 Å². The van der Waals surface area contributed by atoms with E-state index in [1.807, 2.05) is 11.3 Å². The number of rotatable bonds is 4.